The Kier molecular flexibility index (Phi) is 3.67. The van der Waals surface area contributed by atoms with Crippen molar-refractivity contribution < 1.29 is 9.53 Å². The molecule has 1 saturated carbocycles. The molecule has 0 radical (unpaired) electrons. The third kappa shape index (κ3) is 2.78. The molecule has 17 heavy (non-hydrogen) atoms. The average molecular weight is 233 g/mol. The highest BCUT2D eigenvalue weighted by Gasteiger charge is 2.18. The van der Waals surface area contributed by atoms with E-state index in [-0.39, 0.29) is 5.91 Å². The number of amides is 1. The number of carbonyl (C=O) groups is 1. The number of ether oxygens (including phenoxy) is 1. The van der Waals surface area contributed by atoms with Crippen LogP contribution in [-0.4, -0.2) is 13.0 Å². The Labute approximate surface area is 102 Å². The molecule has 3 heteroatoms. The second-order valence-electron chi connectivity index (χ2n) is 4.75. The molecule has 92 valence electrons. The van der Waals surface area contributed by atoms with Gasteiger partial charge in [-0.2, -0.15) is 0 Å². The monoisotopic (exact) mass is 233 g/mol. The van der Waals surface area contributed by atoms with Gasteiger partial charge in [0.15, 0.2) is 0 Å². The third-order valence-corrected chi connectivity index (χ3v) is 3.55. The van der Waals surface area contributed by atoms with Gasteiger partial charge in [-0.05, 0) is 36.1 Å². The minimum absolute atomic E-state index is 0.375. The van der Waals surface area contributed by atoms with Crippen LogP contribution in [-0.2, 0) is 6.42 Å². The Bertz CT molecular complexity index is 409. The number of primary amides is 1. The lowest BCUT2D eigenvalue weighted by atomic mass is 9.96. The van der Waals surface area contributed by atoms with E-state index < -0.39 is 0 Å². The van der Waals surface area contributed by atoms with Crippen molar-refractivity contribution in [1.29, 1.82) is 0 Å². The molecule has 0 saturated heterocycles. The highest BCUT2D eigenvalue weighted by Crippen LogP contribution is 2.31. The van der Waals surface area contributed by atoms with Crippen LogP contribution in [0.3, 0.4) is 0 Å². The van der Waals surface area contributed by atoms with Gasteiger partial charge in [0.2, 0.25) is 5.91 Å². The summed E-state index contributed by atoms with van der Waals surface area (Å²) in [7, 11) is 1.66. The van der Waals surface area contributed by atoms with Gasteiger partial charge in [0, 0.05) is 5.56 Å². The molecule has 2 rings (SSSR count). The highest BCUT2D eigenvalue weighted by atomic mass is 16.5. The molecule has 1 aliphatic rings. The van der Waals surface area contributed by atoms with E-state index in [1.807, 2.05) is 12.1 Å². The predicted octanol–water partition coefficient (Wildman–Crippen LogP) is 2.53. The van der Waals surface area contributed by atoms with Gasteiger partial charge in [0.1, 0.15) is 5.75 Å². The van der Waals surface area contributed by atoms with Gasteiger partial charge in [-0.25, -0.2) is 0 Å². The molecule has 0 aromatic heterocycles. The summed E-state index contributed by atoms with van der Waals surface area (Å²) in [6, 6.07) is 5.43. The van der Waals surface area contributed by atoms with E-state index >= 15 is 0 Å². The number of methoxy groups -OCH3 is 1. The lowest BCUT2D eigenvalue weighted by Gasteiger charge is -2.13. The van der Waals surface area contributed by atoms with Crippen molar-refractivity contribution in [2.45, 2.75) is 32.1 Å². The second kappa shape index (κ2) is 5.21. The summed E-state index contributed by atoms with van der Waals surface area (Å²) in [4.78, 5) is 11.2. The van der Waals surface area contributed by atoms with Crippen LogP contribution < -0.4 is 10.5 Å². The van der Waals surface area contributed by atoms with E-state index in [4.69, 9.17) is 10.5 Å². The van der Waals surface area contributed by atoms with E-state index in [1.54, 1.807) is 13.2 Å². The van der Waals surface area contributed by atoms with Crippen LogP contribution in [0.5, 0.6) is 5.75 Å². The molecule has 1 fully saturated rings. The Balaban J connectivity index is 2.21. The normalized spacial score (nSPS) is 16.1. The van der Waals surface area contributed by atoms with Gasteiger partial charge in [0.25, 0.3) is 0 Å². The molecule has 0 heterocycles. The van der Waals surface area contributed by atoms with Crippen LogP contribution in [0, 0.1) is 5.92 Å². The summed E-state index contributed by atoms with van der Waals surface area (Å²) in [5, 5.41) is 0. The standard InChI is InChI=1S/C14H19NO2/c1-17-13-7-6-11(14(15)16)9-12(13)8-10-4-2-3-5-10/h6-7,9-10H,2-5,8H2,1H3,(H2,15,16). The highest BCUT2D eigenvalue weighted by molar-refractivity contribution is 5.93. The van der Waals surface area contributed by atoms with Crippen LogP contribution in [0.15, 0.2) is 18.2 Å². The van der Waals surface area contributed by atoms with E-state index in [9.17, 15) is 4.79 Å². The fourth-order valence-corrected chi connectivity index (χ4v) is 2.62. The van der Waals surface area contributed by atoms with Crippen molar-refractivity contribution in [3.63, 3.8) is 0 Å². The fourth-order valence-electron chi connectivity index (χ4n) is 2.62. The molecule has 0 bridgehead atoms. The summed E-state index contributed by atoms with van der Waals surface area (Å²) in [5.41, 5.74) is 6.98. The largest absolute Gasteiger partial charge is 0.496 e. The summed E-state index contributed by atoms with van der Waals surface area (Å²) < 4.78 is 5.34. The maximum absolute atomic E-state index is 11.2. The summed E-state index contributed by atoms with van der Waals surface area (Å²) in [6.07, 6.45) is 6.20. The third-order valence-electron chi connectivity index (χ3n) is 3.55. The smallest absolute Gasteiger partial charge is 0.248 e. The van der Waals surface area contributed by atoms with Crippen LogP contribution >= 0.6 is 0 Å². The zero-order valence-electron chi connectivity index (χ0n) is 10.2. The van der Waals surface area contributed by atoms with Crippen molar-refractivity contribution in [3.05, 3.63) is 29.3 Å². The minimum Gasteiger partial charge on any atom is -0.496 e. The predicted molar refractivity (Wildman–Crippen MR) is 67.2 cm³/mol. The van der Waals surface area contributed by atoms with Gasteiger partial charge >= 0.3 is 0 Å². The first-order valence-corrected chi connectivity index (χ1v) is 6.17. The quantitative estimate of drug-likeness (QED) is 0.868. The first-order chi connectivity index (χ1) is 8.20. The van der Waals surface area contributed by atoms with Crippen molar-refractivity contribution in [1.82, 2.24) is 0 Å². The Morgan fingerprint density at radius 2 is 2.12 bits per heavy atom. The second-order valence-corrected chi connectivity index (χ2v) is 4.75. The molecule has 1 aliphatic carbocycles. The van der Waals surface area contributed by atoms with Crippen molar-refractivity contribution in [3.8, 4) is 5.75 Å². The molecular formula is C14H19NO2. The number of carbonyl (C=O) groups excluding carboxylic acids is 1. The van der Waals surface area contributed by atoms with E-state index in [2.05, 4.69) is 0 Å². The van der Waals surface area contributed by atoms with Gasteiger partial charge < -0.3 is 10.5 Å². The van der Waals surface area contributed by atoms with Gasteiger partial charge in [0.05, 0.1) is 7.11 Å². The SMILES string of the molecule is COc1ccc(C(N)=O)cc1CC1CCCC1. The van der Waals surface area contributed by atoms with Crippen LogP contribution in [0.2, 0.25) is 0 Å². The van der Waals surface area contributed by atoms with Gasteiger partial charge in [-0.3, -0.25) is 4.79 Å². The summed E-state index contributed by atoms with van der Waals surface area (Å²) in [5.74, 6) is 1.22. The van der Waals surface area contributed by atoms with Crippen molar-refractivity contribution in [2.24, 2.45) is 11.7 Å². The van der Waals surface area contributed by atoms with Crippen LogP contribution in [0.4, 0.5) is 0 Å². The molecular weight excluding hydrogens is 214 g/mol. The molecule has 1 amide bonds. The number of benzene rings is 1. The van der Waals surface area contributed by atoms with Crippen molar-refractivity contribution >= 4 is 5.91 Å². The first-order valence-electron chi connectivity index (χ1n) is 6.17. The van der Waals surface area contributed by atoms with E-state index in [0.29, 0.717) is 5.56 Å². The average Bonchev–Trinajstić information content (AvgIpc) is 2.81. The Morgan fingerprint density at radius 3 is 2.71 bits per heavy atom. The van der Waals surface area contributed by atoms with E-state index in [1.165, 1.54) is 25.7 Å². The number of rotatable bonds is 4. The molecule has 0 aliphatic heterocycles. The maximum atomic E-state index is 11.2. The van der Waals surface area contributed by atoms with E-state index in [0.717, 1.165) is 23.7 Å². The maximum Gasteiger partial charge on any atom is 0.248 e. The van der Waals surface area contributed by atoms with Crippen LogP contribution in [0.1, 0.15) is 41.6 Å². The Morgan fingerprint density at radius 1 is 1.41 bits per heavy atom. The first kappa shape index (κ1) is 12.0. The zero-order valence-corrected chi connectivity index (χ0v) is 10.2. The minimum atomic E-state index is -0.375. The molecule has 1 aromatic carbocycles. The molecule has 0 unspecified atom stereocenters. The molecule has 0 atom stereocenters. The van der Waals surface area contributed by atoms with Gasteiger partial charge in [-0.1, -0.05) is 25.7 Å². The summed E-state index contributed by atoms with van der Waals surface area (Å²) in [6.45, 7) is 0. The van der Waals surface area contributed by atoms with Gasteiger partial charge in [-0.15, -0.1) is 0 Å². The molecule has 1 aromatic rings. The lowest BCUT2D eigenvalue weighted by molar-refractivity contribution is 0.1000. The number of nitrogens with two attached hydrogens (primary N) is 1. The molecule has 2 N–H and O–H groups in total. The van der Waals surface area contributed by atoms with Crippen molar-refractivity contribution in [2.75, 3.05) is 7.11 Å². The summed E-state index contributed by atoms with van der Waals surface area (Å²) >= 11 is 0. The molecule has 0 spiro atoms. The Hall–Kier alpha value is -1.51. The lowest BCUT2D eigenvalue weighted by Crippen LogP contribution is -2.12. The number of hydrogen-bond acceptors (Lipinski definition) is 2. The zero-order chi connectivity index (χ0) is 12.3. The molecule has 3 nitrogen and oxygen atoms in total. The topological polar surface area (TPSA) is 52.3 Å². The fraction of sp³-hybridized carbons (Fsp3) is 0.500. The van der Waals surface area contributed by atoms with Crippen LogP contribution in [0.25, 0.3) is 0 Å². The number of hydrogen-bond donors (Lipinski definition) is 1.